The van der Waals surface area contributed by atoms with Crippen molar-refractivity contribution in [2.75, 3.05) is 33.3 Å². The monoisotopic (exact) mass is 642 g/mol. The van der Waals surface area contributed by atoms with Gasteiger partial charge in [-0.15, -0.1) is 0 Å². The van der Waals surface area contributed by atoms with Crippen molar-refractivity contribution >= 4 is 11.8 Å². The Hall–Kier alpha value is -1.22. The van der Waals surface area contributed by atoms with Gasteiger partial charge in [-0.3, -0.25) is 9.59 Å². The Labute approximate surface area is 277 Å². The van der Waals surface area contributed by atoms with Crippen molar-refractivity contribution < 1.29 is 28.9 Å². The number of fused-ring (bicyclic) bond motifs is 4. The molecule has 260 valence electrons. The van der Waals surface area contributed by atoms with Crippen LogP contribution in [0.5, 0.6) is 0 Å². The molecule has 0 aromatic heterocycles. The number of hydrogen-bond donors (Lipinski definition) is 1. The molecular weight excluding hydrogens is 580 g/mol. The number of amides is 2. The van der Waals surface area contributed by atoms with Gasteiger partial charge in [0.15, 0.2) is 6.29 Å². The molecule has 5 saturated carbocycles. The number of carbonyl (C=O) groups excluding carboxylic acids is 2. The van der Waals surface area contributed by atoms with Crippen LogP contribution >= 0.6 is 0 Å². The lowest BCUT2D eigenvalue weighted by Gasteiger charge is -2.64. The maximum atomic E-state index is 12.7. The topological polar surface area (TPSA) is 88.5 Å². The molecule has 7 aliphatic rings. The second kappa shape index (κ2) is 10.9. The van der Waals surface area contributed by atoms with Crippen LogP contribution in [0.4, 0.5) is 0 Å². The summed E-state index contributed by atoms with van der Waals surface area (Å²) in [6.45, 7) is 20.1. The van der Waals surface area contributed by atoms with E-state index in [0.29, 0.717) is 60.7 Å². The zero-order valence-electron chi connectivity index (χ0n) is 30.1. The van der Waals surface area contributed by atoms with E-state index in [9.17, 15) is 14.7 Å². The van der Waals surface area contributed by atoms with E-state index in [1.54, 1.807) is 11.8 Å². The lowest BCUT2D eigenvalue weighted by Crippen LogP contribution is -2.60. The summed E-state index contributed by atoms with van der Waals surface area (Å²) in [5.41, 5.74) is 0.472. The Balaban J connectivity index is 1.10. The van der Waals surface area contributed by atoms with Gasteiger partial charge < -0.3 is 29.1 Å². The van der Waals surface area contributed by atoms with Gasteiger partial charge in [0.2, 0.25) is 11.8 Å². The third-order valence-corrected chi connectivity index (χ3v) is 16.0. The highest BCUT2D eigenvalue weighted by Crippen LogP contribution is 2.89. The Bertz CT molecular complexity index is 1240. The standard InChI is InChI=1S/C38H62N2O6/c1-22(2)33(43)40-16-17-44-29(20-40)46-28-12-13-37-21-38(37)15-14-35(7)30-23(3)18-25(19-39(9)24(4)41)45-31(30)32(42)36(35,8)27(38)11-10-26(37)34(28,5)6/h22-23,25-32,42H,10-21H2,1-9H3/t23-,25?,26+,27?,28?,29+,30?,31?,32+,35?,36-,37?,38?/m1/s1. The van der Waals surface area contributed by atoms with E-state index in [0.717, 1.165) is 25.7 Å². The summed E-state index contributed by atoms with van der Waals surface area (Å²) in [6, 6.07) is 0. The lowest BCUT2D eigenvalue weighted by molar-refractivity contribution is -0.248. The van der Waals surface area contributed by atoms with E-state index < -0.39 is 6.10 Å². The third kappa shape index (κ3) is 4.37. The number of hydrogen-bond acceptors (Lipinski definition) is 6. The van der Waals surface area contributed by atoms with Crippen LogP contribution in [0.3, 0.4) is 0 Å². The molecular formula is C38H62N2O6. The fourth-order valence-corrected chi connectivity index (χ4v) is 13.6. The van der Waals surface area contributed by atoms with Crippen molar-refractivity contribution in [1.82, 2.24) is 9.80 Å². The molecule has 2 heterocycles. The number of aliphatic hydroxyl groups is 1. The summed E-state index contributed by atoms with van der Waals surface area (Å²) in [7, 11) is 1.86. The van der Waals surface area contributed by atoms with Gasteiger partial charge >= 0.3 is 0 Å². The van der Waals surface area contributed by atoms with Gasteiger partial charge in [0, 0.05) is 38.4 Å². The molecule has 8 unspecified atom stereocenters. The van der Waals surface area contributed by atoms with Gasteiger partial charge in [-0.25, -0.2) is 0 Å². The Kier molecular flexibility index (Phi) is 7.88. The fraction of sp³-hybridized carbons (Fsp3) is 0.947. The molecule has 0 aromatic rings. The smallest absolute Gasteiger partial charge is 0.225 e. The van der Waals surface area contributed by atoms with Gasteiger partial charge in [0.1, 0.15) is 0 Å². The van der Waals surface area contributed by atoms with Crippen LogP contribution < -0.4 is 0 Å². The minimum Gasteiger partial charge on any atom is -0.390 e. The van der Waals surface area contributed by atoms with Crippen LogP contribution in [0, 0.1) is 56.7 Å². The van der Waals surface area contributed by atoms with Crippen LogP contribution in [-0.2, 0) is 23.8 Å². The van der Waals surface area contributed by atoms with Crippen molar-refractivity contribution in [2.24, 2.45) is 56.7 Å². The van der Waals surface area contributed by atoms with Crippen LogP contribution in [0.25, 0.3) is 0 Å². The minimum absolute atomic E-state index is 0.0118. The van der Waals surface area contributed by atoms with Gasteiger partial charge in [0.05, 0.1) is 37.6 Å². The summed E-state index contributed by atoms with van der Waals surface area (Å²) >= 11 is 0. The maximum absolute atomic E-state index is 12.7. The number of rotatable bonds is 5. The molecule has 0 bridgehead atoms. The second-order valence-corrected chi connectivity index (χ2v) is 18.4. The highest BCUT2D eigenvalue weighted by Gasteiger charge is 2.84. The molecule has 1 N–H and O–H groups in total. The largest absolute Gasteiger partial charge is 0.390 e. The zero-order valence-corrected chi connectivity index (χ0v) is 30.1. The molecule has 8 heteroatoms. The molecule has 5 aliphatic carbocycles. The Morgan fingerprint density at radius 2 is 1.74 bits per heavy atom. The second-order valence-electron chi connectivity index (χ2n) is 18.4. The zero-order chi connectivity index (χ0) is 33.2. The van der Waals surface area contributed by atoms with Crippen LogP contribution in [0.1, 0.15) is 107 Å². The molecule has 7 fully saturated rings. The first kappa shape index (κ1) is 33.3. The molecule has 2 saturated heterocycles. The average Bonchev–Trinajstić information content (AvgIpc) is 3.63. The lowest BCUT2D eigenvalue weighted by atomic mass is 9.41. The van der Waals surface area contributed by atoms with E-state index in [1.165, 1.54) is 25.7 Å². The number of nitrogens with zero attached hydrogens (tertiary/aromatic N) is 2. The minimum atomic E-state index is -0.487. The van der Waals surface area contributed by atoms with E-state index in [-0.39, 0.29) is 58.6 Å². The molecule has 2 spiro atoms. The van der Waals surface area contributed by atoms with E-state index in [2.05, 4.69) is 34.6 Å². The van der Waals surface area contributed by atoms with Crippen LogP contribution in [0.2, 0.25) is 0 Å². The first-order chi connectivity index (χ1) is 21.5. The predicted molar refractivity (Wildman–Crippen MR) is 175 cm³/mol. The summed E-state index contributed by atoms with van der Waals surface area (Å²) in [5, 5.41) is 12.4. The summed E-state index contributed by atoms with van der Waals surface area (Å²) in [6.07, 6.45) is 8.30. The normalized spacial score (nSPS) is 50.5. The number of likely N-dealkylation sites (N-methyl/N-ethyl adjacent to an activating group) is 1. The number of morpholine rings is 1. The number of ether oxygens (including phenoxy) is 3. The third-order valence-electron chi connectivity index (χ3n) is 16.0. The number of aliphatic hydroxyl groups excluding tert-OH is 1. The van der Waals surface area contributed by atoms with Crippen molar-refractivity contribution in [3.8, 4) is 0 Å². The van der Waals surface area contributed by atoms with Crippen molar-refractivity contribution in [3.05, 3.63) is 0 Å². The van der Waals surface area contributed by atoms with Gasteiger partial charge in [-0.1, -0.05) is 48.5 Å². The highest BCUT2D eigenvalue weighted by molar-refractivity contribution is 5.78. The highest BCUT2D eigenvalue weighted by atomic mass is 16.7. The van der Waals surface area contributed by atoms with Crippen molar-refractivity contribution in [1.29, 1.82) is 0 Å². The molecule has 13 atom stereocenters. The van der Waals surface area contributed by atoms with E-state index in [4.69, 9.17) is 14.2 Å². The molecule has 46 heavy (non-hydrogen) atoms. The molecule has 0 aromatic carbocycles. The summed E-state index contributed by atoms with van der Waals surface area (Å²) in [4.78, 5) is 28.5. The van der Waals surface area contributed by atoms with Gasteiger partial charge in [-0.2, -0.15) is 0 Å². The predicted octanol–water partition coefficient (Wildman–Crippen LogP) is 5.50. The summed E-state index contributed by atoms with van der Waals surface area (Å²) < 4.78 is 19.7. The fourth-order valence-electron chi connectivity index (χ4n) is 13.6. The maximum Gasteiger partial charge on any atom is 0.225 e. The molecule has 0 radical (unpaired) electrons. The van der Waals surface area contributed by atoms with Crippen LogP contribution in [0.15, 0.2) is 0 Å². The van der Waals surface area contributed by atoms with Gasteiger partial charge in [-0.05, 0) is 96.7 Å². The van der Waals surface area contributed by atoms with E-state index >= 15 is 0 Å². The first-order valence-electron chi connectivity index (χ1n) is 18.6. The average molecular weight is 643 g/mol. The molecule has 2 aliphatic heterocycles. The molecule has 8 nitrogen and oxygen atoms in total. The quantitative estimate of drug-likeness (QED) is 0.426. The van der Waals surface area contributed by atoms with Crippen molar-refractivity contribution in [3.63, 3.8) is 0 Å². The van der Waals surface area contributed by atoms with Gasteiger partial charge in [0.25, 0.3) is 0 Å². The summed E-state index contributed by atoms with van der Waals surface area (Å²) in [5.74, 6) is 2.10. The Morgan fingerprint density at radius 3 is 2.43 bits per heavy atom. The molecule has 2 amide bonds. The first-order valence-corrected chi connectivity index (χ1v) is 18.6. The molecule has 7 rings (SSSR count). The van der Waals surface area contributed by atoms with E-state index in [1.807, 2.05) is 25.8 Å². The van der Waals surface area contributed by atoms with Crippen LogP contribution in [-0.4, -0.2) is 90.7 Å². The number of carbonyl (C=O) groups is 2. The SMILES string of the molecule is CC(=O)N(C)CC1C[C@@H](C)C2C(O1)[C@H](O)[C@@]1(C)C3CC[C@H]4C(C)(C)C(O[C@H]5CN(C(=O)C(C)C)CCO5)CCC45CC35CCC21C. The van der Waals surface area contributed by atoms with Crippen molar-refractivity contribution in [2.45, 2.75) is 137 Å². The Morgan fingerprint density at radius 1 is 1.04 bits per heavy atom.